The lowest BCUT2D eigenvalue weighted by molar-refractivity contribution is 0.0945. The number of hydrogen-bond donors (Lipinski definition) is 1. The number of aromatic nitrogens is 2. The average Bonchev–Trinajstić information content (AvgIpc) is 3.23. The number of piperidine rings is 1. The summed E-state index contributed by atoms with van der Waals surface area (Å²) in [5.74, 6) is 1.50. The first kappa shape index (κ1) is 12.4. The average molecular weight is 260 g/mol. The van der Waals surface area contributed by atoms with E-state index >= 15 is 0 Å². The predicted octanol–water partition coefficient (Wildman–Crippen LogP) is 1.67. The first-order valence-electron chi connectivity index (χ1n) is 7.14. The molecule has 2 heterocycles. The van der Waals surface area contributed by atoms with Gasteiger partial charge in [-0.25, -0.2) is 9.97 Å². The maximum atomic E-state index is 12.1. The summed E-state index contributed by atoms with van der Waals surface area (Å²) in [6, 6.07) is 2.19. The Morgan fingerprint density at radius 1 is 1.26 bits per heavy atom. The van der Waals surface area contributed by atoms with Crippen molar-refractivity contribution in [2.24, 2.45) is 0 Å². The van der Waals surface area contributed by atoms with E-state index in [0.29, 0.717) is 17.6 Å². The van der Waals surface area contributed by atoms with Crippen molar-refractivity contribution in [1.29, 1.82) is 0 Å². The van der Waals surface area contributed by atoms with Gasteiger partial charge in [-0.2, -0.15) is 0 Å². The molecule has 1 aliphatic heterocycles. The summed E-state index contributed by atoms with van der Waals surface area (Å²) in [5.41, 5.74) is 0.500. The smallest absolute Gasteiger partial charge is 0.270 e. The highest BCUT2D eigenvalue weighted by atomic mass is 16.2. The topological polar surface area (TPSA) is 58.1 Å². The molecule has 1 amide bonds. The minimum atomic E-state index is -0.0636. The zero-order valence-corrected chi connectivity index (χ0v) is 11.4. The molecule has 0 unspecified atom stereocenters. The van der Waals surface area contributed by atoms with E-state index in [1.54, 1.807) is 0 Å². The van der Waals surface area contributed by atoms with Gasteiger partial charge in [-0.1, -0.05) is 0 Å². The highest BCUT2D eigenvalue weighted by molar-refractivity contribution is 5.93. The number of aryl methyl sites for hydroxylation is 1. The van der Waals surface area contributed by atoms with Crippen LogP contribution in [0.1, 0.15) is 48.4 Å². The van der Waals surface area contributed by atoms with E-state index in [4.69, 9.17) is 0 Å². The van der Waals surface area contributed by atoms with E-state index in [2.05, 4.69) is 20.2 Å². The standard InChI is InChI=1S/C14H20N4O/c1-10-15-12(14(19)17-11-5-6-11)9-13(16-10)18-7-3-2-4-8-18/h9,11H,2-8H2,1H3,(H,17,19). The van der Waals surface area contributed by atoms with Crippen LogP contribution in [0.4, 0.5) is 5.82 Å². The van der Waals surface area contributed by atoms with Crippen LogP contribution in [0, 0.1) is 6.92 Å². The van der Waals surface area contributed by atoms with Crippen molar-refractivity contribution in [3.63, 3.8) is 0 Å². The van der Waals surface area contributed by atoms with Crippen LogP contribution < -0.4 is 10.2 Å². The van der Waals surface area contributed by atoms with Gasteiger partial charge in [0.15, 0.2) is 0 Å². The van der Waals surface area contributed by atoms with Gasteiger partial charge in [-0.05, 0) is 39.0 Å². The van der Waals surface area contributed by atoms with E-state index in [1.807, 2.05) is 13.0 Å². The quantitative estimate of drug-likeness (QED) is 0.898. The second kappa shape index (κ2) is 5.15. The lowest BCUT2D eigenvalue weighted by atomic mass is 10.1. The maximum absolute atomic E-state index is 12.1. The summed E-state index contributed by atoms with van der Waals surface area (Å²) >= 11 is 0. The molecule has 0 atom stereocenters. The Labute approximate surface area is 113 Å². The lowest BCUT2D eigenvalue weighted by Crippen LogP contribution is -2.32. The molecule has 0 spiro atoms. The molecule has 19 heavy (non-hydrogen) atoms. The summed E-state index contributed by atoms with van der Waals surface area (Å²) in [4.78, 5) is 23.0. The number of carbonyl (C=O) groups excluding carboxylic acids is 1. The maximum Gasteiger partial charge on any atom is 0.270 e. The molecule has 0 aromatic carbocycles. The number of nitrogens with zero attached hydrogens (tertiary/aromatic N) is 3. The lowest BCUT2D eigenvalue weighted by Gasteiger charge is -2.28. The minimum absolute atomic E-state index is 0.0636. The van der Waals surface area contributed by atoms with Gasteiger partial charge in [-0.15, -0.1) is 0 Å². The number of rotatable bonds is 3. The molecule has 3 rings (SSSR count). The van der Waals surface area contributed by atoms with Crippen LogP contribution in [0.3, 0.4) is 0 Å². The second-order valence-corrected chi connectivity index (χ2v) is 5.45. The predicted molar refractivity (Wildman–Crippen MR) is 73.3 cm³/mol. The van der Waals surface area contributed by atoms with Crippen molar-refractivity contribution in [3.05, 3.63) is 17.6 Å². The molecule has 1 aromatic heterocycles. The van der Waals surface area contributed by atoms with Gasteiger partial charge in [0.2, 0.25) is 0 Å². The third-order valence-corrected chi connectivity index (χ3v) is 3.65. The Bertz CT molecular complexity index is 478. The van der Waals surface area contributed by atoms with Crippen molar-refractivity contribution in [2.45, 2.75) is 45.1 Å². The number of nitrogens with one attached hydrogen (secondary N) is 1. The van der Waals surface area contributed by atoms with Crippen LogP contribution in [0.5, 0.6) is 0 Å². The minimum Gasteiger partial charge on any atom is -0.356 e. The normalized spacial score (nSPS) is 19.3. The zero-order chi connectivity index (χ0) is 13.2. The molecule has 1 aromatic rings. The molecule has 5 heteroatoms. The van der Waals surface area contributed by atoms with Crippen LogP contribution in [-0.2, 0) is 0 Å². The van der Waals surface area contributed by atoms with Crippen LogP contribution in [0.15, 0.2) is 6.07 Å². The monoisotopic (exact) mass is 260 g/mol. The Hall–Kier alpha value is -1.65. The van der Waals surface area contributed by atoms with Crippen LogP contribution >= 0.6 is 0 Å². The Kier molecular flexibility index (Phi) is 3.36. The second-order valence-electron chi connectivity index (χ2n) is 5.45. The van der Waals surface area contributed by atoms with Crippen molar-refractivity contribution in [1.82, 2.24) is 15.3 Å². The summed E-state index contributed by atoms with van der Waals surface area (Å²) in [5, 5.41) is 2.98. The molecule has 1 saturated heterocycles. The molecule has 0 bridgehead atoms. The summed E-state index contributed by atoms with van der Waals surface area (Å²) in [7, 11) is 0. The molecule has 1 aliphatic carbocycles. The highest BCUT2D eigenvalue weighted by Crippen LogP contribution is 2.21. The summed E-state index contributed by atoms with van der Waals surface area (Å²) in [6.07, 6.45) is 5.87. The largest absolute Gasteiger partial charge is 0.356 e. The van der Waals surface area contributed by atoms with Gasteiger partial charge in [0, 0.05) is 25.2 Å². The fourth-order valence-corrected chi connectivity index (χ4v) is 2.44. The number of anilines is 1. The Morgan fingerprint density at radius 2 is 2.00 bits per heavy atom. The van der Waals surface area contributed by atoms with Gasteiger partial charge < -0.3 is 10.2 Å². The molecular formula is C14H20N4O. The van der Waals surface area contributed by atoms with E-state index in [9.17, 15) is 4.79 Å². The van der Waals surface area contributed by atoms with Crippen molar-refractivity contribution < 1.29 is 4.79 Å². The Morgan fingerprint density at radius 3 is 2.68 bits per heavy atom. The fourth-order valence-electron chi connectivity index (χ4n) is 2.44. The van der Waals surface area contributed by atoms with Crippen LogP contribution in [0.25, 0.3) is 0 Å². The molecule has 0 radical (unpaired) electrons. The molecule has 2 aliphatic rings. The van der Waals surface area contributed by atoms with E-state index in [-0.39, 0.29) is 5.91 Å². The Balaban J connectivity index is 1.79. The third kappa shape index (κ3) is 3.03. The first-order valence-corrected chi connectivity index (χ1v) is 7.14. The van der Waals surface area contributed by atoms with Gasteiger partial charge >= 0.3 is 0 Å². The van der Waals surface area contributed by atoms with Gasteiger partial charge in [0.05, 0.1) is 0 Å². The van der Waals surface area contributed by atoms with Crippen molar-refractivity contribution >= 4 is 11.7 Å². The fraction of sp³-hybridized carbons (Fsp3) is 0.643. The van der Waals surface area contributed by atoms with Crippen LogP contribution in [0.2, 0.25) is 0 Å². The SMILES string of the molecule is Cc1nc(C(=O)NC2CC2)cc(N2CCCCC2)n1. The molecule has 1 N–H and O–H groups in total. The van der Waals surface area contributed by atoms with Crippen molar-refractivity contribution in [3.8, 4) is 0 Å². The molecular weight excluding hydrogens is 240 g/mol. The summed E-state index contributed by atoms with van der Waals surface area (Å²) in [6.45, 7) is 3.90. The number of carbonyl (C=O) groups is 1. The summed E-state index contributed by atoms with van der Waals surface area (Å²) < 4.78 is 0. The number of hydrogen-bond acceptors (Lipinski definition) is 4. The van der Waals surface area contributed by atoms with E-state index in [0.717, 1.165) is 31.7 Å². The van der Waals surface area contributed by atoms with Gasteiger partial charge in [0.1, 0.15) is 17.3 Å². The van der Waals surface area contributed by atoms with Crippen molar-refractivity contribution in [2.75, 3.05) is 18.0 Å². The molecule has 2 fully saturated rings. The highest BCUT2D eigenvalue weighted by Gasteiger charge is 2.25. The third-order valence-electron chi connectivity index (χ3n) is 3.65. The molecule has 5 nitrogen and oxygen atoms in total. The van der Waals surface area contributed by atoms with E-state index < -0.39 is 0 Å². The van der Waals surface area contributed by atoms with E-state index in [1.165, 1.54) is 19.3 Å². The van der Waals surface area contributed by atoms with Gasteiger partial charge in [0.25, 0.3) is 5.91 Å². The number of amides is 1. The van der Waals surface area contributed by atoms with Crippen LogP contribution in [-0.4, -0.2) is 35.0 Å². The van der Waals surface area contributed by atoms with Gasteiger partial charge in [-0.3, -0.25) is 4.79 Å². The molecule has 1 saturated carbocycles. The molecule has 102 valence electrons. The first-order chi connectivity index (χ1) is 9.22. The zero-order valence-electron chi connectivity index (χ0n) is 11.4.